The number of ether oxygens (including phenoxy) is 2. The molecule has 1 amide bonds. The number of aliphatic imine (C=N–C) groups is 1. The number of benzene rings is 2. The molecular weight excluding hydrogens is 435 g/mol. The van der Waals surface area contributed by atoms with Crippen molar-refractivity contribution >= 4 is 35.4 Å². The number of methoxy groups -OCH3 is 1. The average Bonchev–Trinajstić information content (AvgIpc) is 2.75. The molecule has 0 unspecified atom stereocenters. The van der Waals surface area contributed by atoms with Crippen molar-refractivity contribution in [3.05, 3.63) is 54.4 Å². The van der Waals surface area contributed by atoms with E-state index in [4.69, 9.17) is 14.3 Å². The predicted octanol–water partition coefficient (Wildman–Crippen LogP) is 5.61. The third-order valence-corrected chi connectivity index (χ3v) is 4.55. The molecule has 0 radical (unpaired) electrons. The molecule has 4 N–H and O–H groups in total. The van der Waals surface area contributed by atoms with Crippen LogP contribution in [0.25, 0.3) is 5.70 Å². The van der Waals surface area contributed by atoms with Gasteiger partial charge in [-0.05, 0) is 43.0 Å². The van der Waals surface area contributed by atoms with Crippen LogP contribution in [-0.4, -0.2) is 39.5 Å². The van der Waals surface area contributed by atoms with E-state index in [1.54, 1.807) is 26.3 Å². The van der Waals surface area contributed by atoms with Gasteiger partial charge in [0.25, 0.3) is 0 Å². The van der Waals surface area contributed by atoms with Crippen LogP contribution in [0, 0.1) is 11.2 Å². The van der Waals surface area contributed by atoms with Gasteiger partial charge in [0, 0.05) is 49.1 Å². The topological polar surface area (TPSA) is 98.0 Å². The molecule has 0 aliphatic carbocycles. The Kier molecular flexibility index (Phi) is 12.4. The smallest absolute Gasteiger partial charge is 0.204 e. The number of hydrogen-bond donors (Lipinski definition) is 3. The van der Waals surface area contributed by atoms with E-state index < -0.39 is 5.82 Å². The first-order chi connectivity index (χ1) is 16.1. The summed E-state index contributed by atoms with van der Waals surface area (Å²) in [6, 6.07) is 10.9. The van der Waals surface area contributed by atoms with Crippen molar-refractivity contribution < 1.29 is 18.7 Å². The summed E-state index contributed by atoms with van der Waals surface area (Å²) in [6.07, 6.45) is 2.94. The van der Waals surface area contributed by atoms with Crippen LogP contribution in [0.3, 0.4) is 0 Å². The molecule has 0 aliphatic heterocycles. The van der Waals surface area contributed by atoms with Crippen LogP contribution in [-0.2, 0) is 9.53 Å². The molecule has 0 atom stereocenters. The Morgan fingerprint density at radius 1 is 1.18 bits per heavy atom. The predicted molar refractivity (Wildman–Crippen MR) is 140 cm³/mol. The Bertz CT molecular complexity index is 938. The van der Waals surface area contributed by atoms with Gasteiger partial charge in [-0.3, -0.25) is 9.79 Å². The minimum atomic E-state index is -0.450. The normalized spacial score (nSPS) is 10.9. The highest BCUT2D eigenvalue weighted by Crippen LogP contribution is 2.33. The summed E-state index contributed by atoms with van der Waals surface area (Å²) in [7, 11) is 1.59. The van der Waals surface area contributed by atoms with Crippen LogP contribution in [0.1, 0.15) is 39.7 Å². The lowest BCUT2D eigenvalue weighted by Gasteiger charge is -2.19. The largest absolute Gasteiger partial charge is 0.491 e. The van der Waals surface area contributed by atoms with Gasteiger partial charge in [0.2, 0.25) is 6.41 Å². The zero-order valence-electron chi connectivity index (χ0n) is 20.8. The first-order valence-electron chi connectivity index (χ1n) is 11.0. The maximum absolute atomic E-state index is 14.9. The minimum absolute atomic E-state index is 0.250. The van der Waals surface area contributed by atoms with Crippen molar-refractivity contribution in [1.82, 2.24) is 0 Å². The number of anilines is 2. The van der Waals surface area contributed by atoms with Gasteiger partial charge in [-0.2, -0.15) is 0 Å². The fourth-order valence-corrected chi connectivity index (χ4v) is 2.92. The van der Waals surface area contributed by atoms with Crippen LogP contribution in [0.5, 0.6) is 5.75 Å². The van der Waals surface area contributed by atoms with Crippen molar-refractivity contribution in [2.75, 3.05) is 37.5 Å². The van der Waals surface area contributed by atoms with Gasteiger partial charge < -0.3 is 25.8 Å². The highest BCUT2D eigenvalue weighted by molar-refractivity contribution is 5.83. The molecule has 186 valence electrons. The first-order valence-corrected chi connectivity index (χ1v) is 11.0. The Morgan fingerprint density at radius 3 is 2.35 bits per heavy atom. The first kappa shape index (κ1) is 28.6. The Morgan fingerprint density at radius 2 is 1.79 bits per heavy atom. The minimum Gasteiger partial charge on any atom is -0.491 e. The van der Waals surface area contributed by atoms with Crippen LogP contribution in [0.4, 0.5) is 21.5 Å². The molecular formula is C26H37FN4O3. The molecule has 0 saturated carbocycles. The van der Waals surface area contributed by atoms with Crippen LogP contribution < -0.4 is 21.1 Å². The van der Waals surface area contributed by atoms with E-state index >= 15 is 0 Å². The average molecular weight is 473 g/mol. The van der Waals surface area contributed by atoms with E-state index in [0.29, 0.717) is 41.3 Å². The Labute approximate surface area is 202 Å². The molecule has 2 aromatic rings. The highest BCUT2D eigenvalue weighted by Gasteiger charge is 2.15. The third kappa shape index (κ3) is 10.5. The van der Waals surface area contributed by atoms with E-state index in [1.807, 2.05) is 24.3 Å². The second-order valence-corrected chi connectivity index (χ2v) is 8.58. The molecule has 0 bridgehead atoms. The second-order valence-electron chi connectivity index (χ2n) is 8.58. The molecule has 2 rings (SSSR count). The SMILES string of the molecule is C=C(Nc1ccc(NCCC(C)(C)C)cc1)c1c(F)cc(OCCOC)cc1N=CC.NC=O. The number of nitrogens with zero attached hydrogens (tertiary/aromatic N) is 1. The number of carbonyl (C=O) groups is 1. The molecule has 0 fully saturated rings. The number of halogens is 1. The lowest BCUT2D eigenvalue weighted by atomic mass is 9.92. The molecule has 7 nitrogen and oxygen atoms in total. The fourth-order valence-electron chi connectivity index (χ4n) is 2.92. The summed E-state index contributed by atoms with van der Waals surface area (Å²) in [5, 5.41) is 6.60. The molecule has 0 aromatic heterocycles. The van der Waals surface area contributed by atoms with E-state index in [9.17, 15) is 4.39 Å². The molecule has 34 heavy (non-hydrogen) atoms. The van der Waals surface area contributed by atoms with E-state index in [0.717, 1.165) is 24.3 Å². The number of amides is 1. The zero-order chi connectivity index (χ0) is 25.6. The van der Waals surface area contributed by atoms with Gasteiger partial charge in [0.05, 0.1) is 17.9 Å². The molecule has 0 heterocycles. The number of nitrogens with two attached hydrogens (primary N) is 1. The fraction of sp³-hybridized carbons (Fsp3) is 0.385. The van der Waals surface area contributed by atoms with Crippen LogP contribution in [0.2, 0.25) is 0 Å². The van der Waals surface area contributed by atoms with Gasteiger partial charge >= 0.3 is 0 Å². The number of hydrogen-bond acceptors (Lipinski definition) is 6. The van der Waals surface area contributed by atoms with Crippen molar-refractivity contribution in [3.63, 3.8) is 0 Å². The van der Waals surface area contributed by atoms with Crippen molar-refractivity contribution in [1.29, 1.82) is 0 Å². The third-order valence-electron chi connectivity index (χ3n) is 4.55. The monoisotopic (exact) mass is 472 g/mol. The molecule has 8 heteroatoms. The quantitative estimate of drug-likeness (QED) is 0.224. The van der Waals surface area contributed by atoms with Crippen LogP contribution in [0.15, 0.2) is 48.0 Å². The number of rotatable bonds is 11. The van der Waals surface area contributed by atoms with Crippen molar-refractivity contribution in [2.45, 2.75) is 34.1 Å². The van der Waals surface area contributed by atoms with Gasteiger partial charge in [-0.15, -0.1) is 0 Å². The highest BCUT2D eigenvalue weighted by atomic mass is 19.1. The summed E-state index contributed by atoms with van der Waals surface area (Å²) in [5.74, 6) is -0.0501. The molecule has 0 spiro atoms. The van der Waals surface area contributed by atoms with Gasteiger partial charge in [0.15, 0.2) is 0 Å². The molecule has 0 saturated heterocycles. The summed E-state index contributed by atoms with van der Waals surface area (Å²) >= 11 is 0. The maximum Gasteiger partial charge on any atom is 0.204 e. The van der Waals surface area contributed by atoms with Gasteiger partial charge in [-0.1, -0.05) is 27.4 Å². The summed E-state index contributed by atoms with van der Waals surface area (Å²) in [6.45, 7) is 14.1. The lowest BCUT2D eigenvalue weighted by molar-refractivity contribution is -0.106. The molecule has 2 aromatic carbocycles. The standard InChI is InChI=1S/C25H34FN3O2.CH3NO/c1-7-27-23-17-21(31-15-14-30-6)16-22(26)24(23)18(2)29-20-10-8-19(9-11-20)28-13-12-25(3,4)5;2-1-3/h7-11,16-17,28-29H,2,12-15H2,1,3-6H3;1H,(H2,2,3). The number of nitrogens with one attached hydrogen (secondary N) is 2. The van der Waals surface area contributed by atoms with Crippen LogP contribution >= 0.6 is 0 Å². The van der Waals surface area contributed by atoms with Crippen molar-refractivity contribution in [2.24, 2.45) is 16.1 Å². The Balaban J connectivity index is 0.00000182. The lowest BCUT2D eigenvalue weighted by Crippen LogP contribution is -2.12. The number of carbonyl (C=O) groups excluding carboxylic acids is 1. The van der Waals surface area contributed by atoms with Gasteiger partial charge in [-0.25, -0.2) is 4.39 Å². The second kappa shape index (κ2) is 14.7. The summed E-state index contributed by atoms with van der Waals surface area (Å²) < 4.78 is 25.4. The maximum atomic E-state index is 14.9. The van der Waals surface area contributed by atoms with Gasteiger partial charge in [0.1, 0.15) is 18.2 Å². The van der Waals surface area contributed by atoms with E-state index in [1.165, 1.54) is 6.07 Å². The summed E-state index contributed by atoms with van der Waals surface area (Å²) in [5.41, 5.74) is 7.50. The zero-order valence-corrected chi connectivity index (χ0v) is 20.8. The van der Waals surface area contributed by atoms with Crippen molar-refractivity contribution in [3.8, 4) is 5.75 Å². The number of primary amides is 1. The summed E-state index contributed by atoms with van der Waals surface area (Å²) in [4.78, 5) is 12.9. The Hall–Kier alpha value is -3.39. The van der Waals surface area contributed by atoms with E-state index in [2.05, 4.69) is 48.7 Å². The van der Waals surface area contributed by atoms with E-state index in [-0.39, 0.29) is 6.41 Å². The molecule has 0 aliphatic rings.